The van der Waals surface area contributed by atoms with E-state index in [2.05, 4.69) is 33.4 Å². The first kappa shape index (κ1) is 26.2. The number of carbonyl (C=O) groups is 1. The fraction of sp³-hybridized carbons (Fsp3) is 0.750. The summed E-state index contributed by atoms with van der Waals surface area (Å²) in [6, 6.07) is 0. The van der Waals surface area contributed by atoms with Crippen LogP contribution in [0.15, 0.2) is 35.5 Å². The van der Waals surface area contributed by atoms with Gasteiger partial charge < -0.3 is 20.4 Å². The molecule has 3 saturated carbocycles. The first-order chi connectivity index (χ1) is 15.5. The third-order valence-electron chi connectivity index (χ3n) is 9.03. The van der Waals surface area contributed by atoms with Gasteiger partial charge in [-0.05, 0) is 78.8 Å². The zero-order valence-electron chi connectivity index (χ0n) is 20.7. The van der Waals surface area contributed by atoms with Crippen molar-refractivity contribution in [1.82, 2.24) is 0 Å². The van der Waals surface area contributed by atoms with Crippen LogP contribution in [0, 0.1) is 35.0 Å². The van der Waals surface area contributed by atoms with Crippen LogP contribution >= 0.6 is 0 Å². The number of aliphatic carboxylic acids is 1. The van der Waals surface area contributed by atoms with Crippen LogP contribution in [0.2, 0.25) is 0 Å². The van der Waals surface area contributed by atoms with Gasteiger partial charge >= 0.3 is 5.97 Å². The van der Waals surface area contributed by atoms with Crippen LogP contribution in [0.5, 0.6) is 0 Å². The molecule has 0 heterocycles. The van der Waals surface area contributed by atoms with Crippen molar-refractivity contribution in [1.29, 1.82) is 0 Å². The monoisotopic (exact) mass is 460 g/mol. The standard InChI is InChI=1S/C28H44O5/c1-18(17-29)7-5-8-19(2)24-12-13-25-21(9-6-14-27(24,25)4)10-11-22-15-28(32,33)16-23(20(22)3)26(30)31/h10-11,18-19,23-25,29,32-33H,3,5-9,12-17H2,1-2,4H3,(H,30,31)/b21-10+,22-11+/t18?,19-,23?,24-,25+,27-/m1/s1. The highest BCUT2D eigenvalue weighted by Crippen LogP contribution is 2.60. The number of carboxylic acid groups (broad SMARTS) is 1. The van der Waals surface area contributed by atoms with E-state index in [4.69, 9.17) is 0 Å². The summed E-state index contributed by atoms with van der Waals surface area (Å²) in [6.07, 6.45) is 13.2. The van der Waals surface area contributed by atoms with Crippen molar-refractivity contribution in [2.75, 3.05) is 6.61 Å². The largest absolute Gasteiger partial charge is 0.481 e. The van der Waals surface area contributed by atoms with Crippen molar-refractivity contribution < 1.29 is 25.2 Å². The Morgan fingerprint density at radius 2 is 1.94 bits per heavy atom. The van der Waals surface area contributed by atoms with Gasteiger partial charge in [0.25, 0.3) is 0 Å². The molecule has 0 aromatic rings. The van der Waals surface area contributed by atoms with Crippen LogP contribution in [-0.4, -0.2) is 38.8 Å². The molecule has 3 aliphatic rings. The minimum atomic E-state index is -2.00. The second-order valence-corrected chi connectivity index (χ2v) is 11.5. The summed E-state index contributed by atoms with van der Waals surface area (Å²) in [5, 5.41) is 39.2. The molecular weight excluding hydrogens is 416 g/mol. The van der Waals surface area contributed by atoms with Gasteiger partial charge in [-0.1, -0.05) is 57.9 Å². The average molecular weight is 461 g/mol. The Balaban J connectivity index is 1.74. The summed E-state index contributed by atoms with van der Waals surface area (Å²) in [6.45, 7) is 11.2. The molecule has 6 atom stereocenters. The number of allylic oxidation sites excluding steroid dienone is 3. The molecule has 3 rings (SSSR count). The molecule has 0 aliphatic heterocycles. The lowest BCUT2D eigenvalue weighted by atomic mass is 9.60. The summed E-state index contributed by atoms with van der Waals surface area (Å²) in [5.74, 6) is -1.73. The highest BCUT2D eigenvalue weighted by molar-refractivity contribution is 5.76. The Labute approximate surface area is 199 Å². The van der Waals surface area contributed by atoms with Crippen LogP contribution in [0.25, 0.3) is 0 Å². The van der Waals surface area contributed by atoms with Gasteiger partial charge in [0, 0.05) is 19.4 Å². The molecule has 0 saturated heterocycles. The zero-order chi connectivity index (χ0) is 24.4. The van der Waals surface area contributed by atoms with Gasteiger partial charge in [0.1, 0.15) is 0 Å². The lowest BCUT2D eigenvalue weighted by Gasteiger charge is -2.44. The SMILES string of the molecule is C=C1/C(=C/C=C2\CCC[C@]3(C)[C@@H]([C@H](C)CCCC(C)CO)CC[C@@H]23)CC(O)(O)CC1C(=O)O. The van der Waals surface area contributed by atoms with E-state index in [1.807, 2.05) is 6.08 Å². The summed E-state index contributed by atoms with van der Waals surface area (Å²) in [4.78, 5) is 11.6. The number of hydrogen-bond acceptors (Lipinski definition) is 4. The predicted octanol–water partition coefficient (Wildman–Crippen LogP) is 5.22. The lowest BCUT2D eigenvalue weighted by Crippen LogP contribution is -2.39. The van der Waals surface area contributed by atoms with E-state index in [0.717, 1.165) is 19.3 Å². The Morgan fingerprint density at radius 1 is 1.21 bits per heavy atom. The molecule has 0 aromatic carbocycles. The highest BCUT2D eigenvalue weighted by Gasteiger charge is 2.50. The van der Waals surface area contributed by atoms with Crippen LogP contribution in [0.4, 0.5) is 0 Å². The molecule has 0 aromatic heterocycles. The fourth-order valence-electron chi connectivity index (χ4n) is 7.07. The second kappa shape index (κ2) is 10.5. The fourth-order valence-corrected chi connectivity index (χ4v) is 7.07. The minimum Gasteiger partial charge on any atom is -0.481 e. The predicted molar refractivity (Wildman–Crippen MR) is 130 cm³/mol. The highest BCUT2D eigenvalue weighted by atomic mass is 16.5. The average Bonchev–Trinajstić information content (AvgIpc) is 3.11. The Morgan fingerprint density at radius 3 is 2.61 bits per heavy atom. The topological polar surface area (TPSA) is 98.0 Å². The maximum Gasteiger partial charge on any atom is 0.311 e. The number of aliphatic hydroxyl groups is 3. The van der Waals surface area contributed by atoms with Crippen LogP contribution in [0.3, 0.4) is 0 Å². The number of fused-ring (bicyclic) bond motifs is 1. The molecule has 2 unspecified atom stereocenters. The van der Waals surface area contributed by atoms with Crippen molar-refractivity contribution in [2.45, 2.75) is 90.8 Å². The maximum absolute atomic E-state index is 11.6. The summed E-state index contributed by atoms with van der Waals surface area (Å²) >= 11 is 0. The Bertz CT molecular complexity index is 794. The number of carboxylic acids is 1. The van der Waals surface area contributed by atoms with Crippen molar-refractivity contribution in [2.24, 2.45) is 35.0 Å². The van der Waals surface area contributed by atoms with Crippen molar-refractivity contribution in [3.05, 3.63) is 35.5 Å². The molecule has 0 spiro atoms. The Hall–Kier alpha value is -1.43. The van der Waals surface area contributed by atoms with Crippen molar-refractivity contribution in [3.63, 3.8) is 0 Å². The van der Waals surface area contributed by atoms with Crippen molar-refractivity contribution >= 4 is 5.97 Å². The third-order valence-corrected chi connectivity index (χ3v) is 9.03. The quantitative estimate of drug-likeness (QED) is 0.372. The van der Waals surface area contributed by atoms with E-state index >= 15 is 0 Å². The van der Waals surface area contributed by atoms with Gasteiger partial charge in [0.15, 0.2) is 5.79 Å². The molecular formula is C28H44O5. The summed E-state index contributed by atoms with van der Waals surface area (Å²) < 4.78 is 0. The Kier molecular flexibility index (Phi) is 8.29. The molecule has 3 fully saturated rings. The van der Waals surface area contributed by atoms with E-state index < -0.39 is 17.7 Å². The molecule has 5 nitrogen and oxygen atoms in total. The number of aliphatic hydroxyl groups excluding tert-OH is 1. The van der Waals surface area contributed by atoms with Crippen LogP contribution in [-0.2, 0) is 4.79 Å². The van der Waals surface area contributed by atoms with Gasteiger partial charge in [-0.25, -0.2) is 0 Å². The molecule has 3 aliphatic carbocycles. The second-order valence-electron chi connectivity index (χ2n) is 11.5. The first-order valence-electron chi connectivity index (χ1n) is 12.9. The minimum absolute atomic E-state index is 0.0211. The van der Waals surface area contributed by atoms with Gasteiger partial charge in [-0.3, -0.25) is 4.79 Å². The third kappa shape index (κ3) is 5.80. The first-order valence-corrected chi connectivity index (χ1v) is 12.9. The van der Waals surface area contributed by atoms with Gasteiger partial charge in [0.2, 0.25) is 0 Å². The zero-order valence-corrected chi connectivity index (χ0v) is 20.7. The van der Waals surface area contributed by atoms with Gasteiger partial charge in [-0.15, -0.1) is 0 Å². The van der Waals surface area contributed by atoms with E-state index in [9.17, 15) is 25.2 Å². The lowest BCUT2D eigenvalue weighted by molar-refractivity contribution is -0.182. The summed E-state index contributed by atoms with van der Waals surface area (Å²) in [5.41, 5.74) is 2.84. The van der Waals surface area contributed by atoms with Gasteiger partial charge in [-0.2, -0.15) is 0 Å². The van der Waals surface area contributed by atoms with Gasteiger partial charge in [0.05, 0.1) is 5.92 Å². The van der Waals surface area contributed by atoms with E-state index in [1.54, 1.807) is 0 Å². The molecule has 0 bridgehead atoms. The van der Waals surface area contributed by atoms with Crippen molar-refractivity contribution in [3.8, 4) is 0 Å². The maximum atomic E-state index is 11.6. The molecule has 33 heavy (non-hydrogen) atoms. The number of hydrogen-bond donors (Lipinski definition) is 4. The smallest absolute Gasteiger partial charge is 0.311 e. The van der Waals surface area contributed by atoms with E-state index in [-0.39, 0.29) is 24.9 Å². The normalized spacial score (nSPS) is 36.1. The molecule has 186 valence electrons. The molecule has 4 N–H and O–H groups in total. The molecule has 0 radical (unpaired) electrons. The van der Waals surface area contributed by atoms with E-state index in [1.165, 1.54) is 37.7 Å². The molecule has 5 heteroatoms. The van der Waals surface area contributed by atoms with Crippen LogP contribution < -0.4 is 0 Å². The molecule has 0 amide bonds. The van der Waals surface area contributed by atoms with Crippen LogP contribution in [0.1, 0.15) is 85.0 Å². The number of rotatable bonds is 8. The summed E-state index contributed by atoms with van der Waals surface area (Å²) in [7, 11) is 0. The van der Waals surface area contributed by atoms with E-state index in [0.29, 0.717) is 34.8 Å².